The van der Waals surface area contributed by atoms with Crippen LogP contribution in [0.4, 0.5) is 0 Å². The molecule has 0 aliphatic carbocycles. The lowest BCUT2D eigenvalue weighted by molar-refractivity contribution is 0.0427. The molecule has 0 radical (unpaired) electrons. The third-order valence-electron chi connectivity index (χ3n) is 2.96. The Morgan fingerprint density at radius 2 is 2.25 bits per heavy atom. The van der Waals surface area contributed by atoms with Crippen LogP contribution in [0.5, 0.6) is 0 Å². The summed E-state index contributed by atoms with van der Waals surface area (Å²) >= 11 is 3.19. The standard InChI is InChI=1S/C12H14BrNO5S/c13-11-2-1-9(20(14,16)17)5-10(11)12(15)19-7-8-3-4-18-6-8/h1-2,5,8H,3-4,6-7H2,(H2,14,16,17). The monoisotopic (exact) mass is 363 g/mol. The van der Waals surface area contributed by atoms with Gasteiger partial charge in [0.15, 0.2) is 0 Å². The van der Waals surface area contributed by atoms with Crippen LogP contribution < -0.4 is 5.14 Å². The van der Waals surface area contributed by atoms with Crippen molar-refractivity contribution in [1.29, 1.82) is 0 Å². The van der Waals surface area contributed by atoms with Gasteiger partial charge in [-0.25, -0.2) is 18.4 Å². The molecule has 1 saturated heterocycles. The van der Waals surface area contributed by atoms with Gasteiger partial charge < -0.3 is 9.47 Å². The van der Waals surface area contributed by atoms with E-state index in [0.717, 1.165) is 6.42 Å². The zero-order valence-electron chi connectivity index (χ0n) is 10.5. The van der Waals surface area contributed by atoms with E-state index in [9.17, 15) is 13.2 Å². The van der Waals surface area contributed by atoms with Crippen molar-refractivity contribution in [3.8, 4) is 0 Å². The van der Waals surface area contributed by atoms with Crippen molar-refractivity contribution in [2.45, 2.75) is 11.3 Å². The van der Waals surface area contributed by atoms with Gasteiger partial charge in [0.1, 0.15) is 0 Å². The molecule has 20 heavy (non-hydrogen) atoms. The van der Waals surface area contributed by atoms with Gasteiger partial charge in [0.25, 0.3) is 0 Å². The van der Waals surface area contributed by atoms with Gasteiger partial charge in [-0.1, -0.05) is 0 Å². The van der Waals surface area contributed by atoms with E-state index >= 15 is 0 Å². The molecule has 1 aromatic carbocycles. The van der Waals surface area contributed by atoms with Crippen LogP contribution in [0.2, 0.25) is 0 Å². The number of hydrogen-bond donors (Lipinski definition) is 1. The molecule has 1 unspecified atom stereocenters. The van der Waals surface area contributed by atoms with Crippen LogP contribution in [0.15, 0.2) is 27.6 Å². The second-order valence-corrected chi connectivity index (χ2v) is 6.93. The summed E-state index contributed by atoms with van der Waals surface area (Å²) < 4.78 is 33.4. The number of sulfonamides is 1. The fourth-order valence-electron chi connectivity index (χ4n) is 1.82. The average Bonchev–Trinajstić information content (AvgIpc) is 2.88. The molecule has 0 spiro atoms. The van der Waals surface area contributed by atoms with Crippen molar-refractivity contribution in [3.05, 3.63) is 28.2 Å². The van der Waals surface area contributed by atoms with E-state index in [0.29, 0.717) is 17.7 Å². The minimum Gasteiger partial charge on any atom is -0.462 e. The fourth-order valence-corrected chi connectivity index (χ4v) is 2.77. The third kappa shape index (κ3) is 3.78. The molecule has 6 nitrogen and oxygen atoms in total. The number of esters is 1. The first-order valence-electron chi connectivity index (χ1n) is 5.95. The molecule has 110 valence electrons. The van der Waals surface area contributed by atoms with Crippen LogP contribution in [-0.2, 0) is 19.5 Å². The molecular weight excluding hydrogens is 350 g/mol. The molecule has 1 heterocycles. The fraction of sp³-hybridized carbons (Fsp3) is 0.417. The zero-order chi connectivity index (χ0) is 14.8. The first kappa shape index (κ1) is 15.4. The predicted octanol–water partition coefficient (Wildman–Crippen LogP) is 1.29. The van der Waals surface area contributed by atoms with E-state index in [1.807, 2.05) is 0 Å². The SMILES string of the molecule is NS(=O)(=O)c1ccc(Br)c(C(=O)OCC2CCOC2)c1. The lowest BCUT2D eigenvalue weighted by Gasteiger charge is -2.10. The van der Waals surface area contributed by atoms with Crippen LogP contribution in [0, 0.1) is 5.92 Å². The smallest absolute Gasteiger partial charge is 0.339 e. The van der Waals surface area contributed by atoms with Gasteiger partial charge in [-0.05, 0) is 40.5 Å². The van der Waals surface area contributed by atoms with Crippen molar-refractivity contribution in [3.63, 3.8) is 0 Å². The van der Waals surface area contributed by atoms with E-state index in [2.05, 4.69) is 15.9 Å². The van der Waals surface area contributed by atoms with Gasteiger partial charge in [0.2, 0.25) is 10.0 Å². The summed E-state index contributed by atoms with van der Waals surface area (Å²) in [7, 11) is -3.85. The Morgan fingerprint density at radius 3 is 2.85 bits per heavy atom. The van der Waals surface area contributed by atoms with Gasteiger partial charge in [0, 0.05) is 17.0 Å². The van der Waals surface area contributed by atoms with Gasteiger partial charge in [0.05, 0.1) is 23.7 Å². The van der Waals surface area contributed by atoms with Crippen molar-refractivity contribution in [1.82, 2.24) is 0 Å². The summed E-state index contributed by atoms with van der Waals surface area (Å²) in [5.74, 6) is -0.395. The van der Waals surface area contributed by atoms with Gasteiger partial charge in [-0.3, -0.25) is 0 Å². The molecule has 1 aromatic rings. The third-order valence-corrected chi connectivity index (χ3v) is 4.56. The number of hydrogen-bond acceptors (Lipinski definition) is 5. The van der Waals surface area contributed by atoms with Gasteiger partial charge in [-0.2, -0.15) is 0 Å². The molecular formula is C12H14BrNO5S. The summed E-state index contributed by atoms with van der Waals surface area (Å²) in [6.45, 7) is 1.50. The molecule has 1 aliphatic heterocycles. The Labute approximate surface area is 125 Å². The molecule has 0 aromatic heterocycles. The summed E-state index contributed by atoms with van der Waals surface area (Å²) in [4.78, 5) is 11.8. The van der Waals surface area contributed by atoms with Crippen LogP contribution in [0.1, 0.15) is 16.8 Å². The van der Waals surface area contributed by atoms with E-state index < -0.39 is 16.0 Å². The van der Waals surface area contributed by atoms with Crippen molar-refractivity contribution in [2.24, 2.45) is 11.1 Å². The minimum atomic E-state index is -3.85. The number of nitrogens with two attached hydrogens (primary N) is 1. The molecule has 1 aliphatic rings. The zero-order valence-corrected chi connectivity index (χ0v) is 12.9. The van der Waals surface area contributed by atoms with Crippen molar-refractivity contribution >= 4 is 31.9 Å². The number of halogens is 1. The largest absolute Gasteiger partial charge is 0.462 e. The molecule has 0 bridgehead atoms. The molecule has 0 saturated carbocycles. The molecule has 1 fully saturated rings. The first-order chi connectivity index (χ1) is 9.38. The van der Waals surface area contributed by atoms with Crippen LogP contribution in [-0.4, -0.2) is 34.2 Å². The number of rotatable bonds is 4. The second kappa shape index (κ2) is 6.21. The van der Waals surface area contributed by atoms with E-state index in [1.165, 1.54) is 18.2 Å². The molecule has 8 heteroatoms. The summed E-state index contributed by atoms with van der Waals surface area (Å²) in [6, 6.07) is 3.98. The Bertz CT molecular complexity index is 610. The Balaban J connectivity index is 2.12. The van der Waals surface area contributed by atoms with Gasteiger partial charge in [-0.15, -0.1) is 0 Å². The highest BCUT2D eigenvalue weighted by Crippen LogP contribution is 2.22. The van der Waals surface area contributed by atoms with Crippen LogP contribution in [0.3, 0.4) is 0 Å². The van der Waals surface area contributed by atoms with Crippen LogP contribution in [0.25, 0.3) is 0 Å². The maximum absolute atomic E-state index is 12.0. The highest BCUT2D eigenvalue weighted by atomic mass is 79.9. The predicted molar refractivity (Wildman–Crippen MR) is 74.7 cm³/mol. The quantitative estimate of drug-likeness (QED) is 0.813. The Kier molecular flexibility index (Phi) is 4.79. The van der Waals surface area contributed by atoms with E-state index in [-0.39, 0.29) is 23.0 Å². The summed E-state index contributed by atoms with van der Waals surface area (Å²) in [5.41, 5.74) is 0.135. The molecule has 2 N–H and O–H groups in total. The number of primary sulfonamides is 1. The number of ether oxygens (including phenoxy) is 2. The summed E-state index contributed by atoms with van der Waals surface area (Å²) in [5, 5.41) is 5.04. The highest BCUT2D eigenvalue weighted by molar-refractivity contribution is 9.10. The number of carbonyl (C=O) groups is 1. The average molecular weight is 364 g/mol. The minimum absolute atomic E-state index is 0.128. The second-order valence-electron chi connectivity index (χ2n) is 4.51. The van der Waals surface area contributed by atoms with Crippen LogP contribution >= 0.6 is 15.9 Å². The number of carbonyl (C=O) groups excluding carboxylic acids is 1. The Morgan fingerprint density at radius 1 is 1.50 bits per heavy atom. The maximum atomic E-state index is 12.0. The van der Waals surface area contributed by atoms with E-state index in [1.54, 1.807) is 0 Å². The topological polar surface area (TPSA) is 95.7 Å². The first-order valence-corrected chi connectivity index (χ1v) is 8.29. The van der Waals surface area contributed by atoms with E-state index in [4.69, 9.17) is 14.6 Å². The lowest BCUT2D eigenvalue weighted by Crippen LogP contribution is -2.16. The molecule has 2 rings (SSSR count). The maximum Gasteiger partial charge on any atom is 0.339 e. The van der Waals surface area contributed by atoms with Crippen molar-refractivity contribution in [2.75, 3.05) is 19.8 Å². The highest BCUT2D eigenvalue weighted by Gasteiger charge is 2.20. The number of benzene rings is 1. The Hall–Kier alpha value is -0.960. The molecule has 0 amide bonds. The normalized spacial score (nSPS) is 19.0. The van der Waals surface area contributed by atoms with Gasteiger partial charge >= 0.3 is 5.97 Å². The molecule has 1 atom stereocenters. The van der Waals surface area contributed by atoms with Crippen molar-refractivity contribution < 1.29 is 22.7 Å². The lowest BCUT2D eigenvalue weighted by atomic mass is 10.1. The summed E-state index contributed by atoms with van der Waals surface area (Å²) in [6.07, 6.45) is 0.853.